The zero-order chi connectivity index (χ0) is 15.6. The van der Waals surface area contributed by atoms with Crippen LogP contribution in [0.4, 0.5) is 22.0 Å². The Labute approximate surface area is 124 Å². The van der Waals surface area contributed by atoms with Crippen LogP contribution in [-0.2, 0) is 12.8 Å². The number of ether oxygens (including phenoxy) is 1. The maximum absolute atomic E-state index is 13.6. The van der Waals surface area contributed by atoms with Gasteiger partial charge in [-0.25, -0.2) is 13.8 Å². The van der Waals surface area contributed by atoms with Crippen molar-refractivity contribution < 1.29 is 26.7 Å². The van der Waals surface area contributed by atoms with E-state index in [1.165, 1.54) is 6.07 Å². The number of aromatic nitrogens is 1. The summed E-state index contributed by atoms with van der Waals surface area (Å²) < 4.78 is 69.3. The molecule has 2 aromatic rings. The van der Waals surface area contributed by atoms with Crippen LogP contribution in [0.25, 0.3) is 0 Å². The molecule has 112 valence electrons. The molecule has 1 heterocycles. The van der Waals surface area contributed by atoms with E-state index in [9.17, 15) is 22.0 Å². The van der Waals surface area contributed by atoms with Gasteiger partial charge in [0.1, 0.15) is 17.0 Å². The molecule has 0 unspecified atom stereocenters. The molecule has 0 aliphatic rings. The average molecular weight is 368 g/mol. The van der Waals surface area contributed by atoms with Gasteiger partial charge in [-0.2, -0.15) is 13.2 Å². The van der Waals surface area contributed by atoms with Crippen LogP contribution < -0.4 is 4.74 Å². The summed E-state index contributed by atoms with van der Waals surface area (Å²) in [5, 5.41) is 0. The predicted molar refractivity (Wildman–Crippen MR) is 67.6 cm³/mol. The molecular weight excluding hydrogens is 361 g/mol. The van der Waals surface area contributed by atoms with Crippen molar-refractivity contribution in [1.82, 2.24) is 4.98 Å². The lowest BCUT2D eigenvalue weighted by molar-refractivity contribution is -0.137. The number of hydrogen-bond donors (Lipinski definition) is 0. The molecule has 0 aliphatic carbocycles. The van der Waals surface area contributed by atoms with Gasteiger partial charge in [-0.05, 0) is 40.2 Å². The zero-order valence-corrected chi connectivity index (χ0v) is 11.8. The summed E-state index contributed by atoms with van der Waals surface area (Å²) in [6.07, 6.45) is -4.63. The molecule has 2 nitrogen and oxygen atoms in total. The minimum atomic E-state index is -4.63. The van der Waals surface area contributed by atoms with Crippen molar-refractivity contribution in [3.05, 3.63) is 57.7 Å². The van der Waals surface area contributed by atoms with Crippen LogP contribution in [0.1, 0.15) is 11.1 Å². The molecule has 2 rings (SSSR count). The number of alkyl halides is 3. The molecule has 0 atom stereocenters. The third kappa shape index (κ3) is 3.90. The summed E-state index contributed by atoms with van der Waals surface area (Å²) in [5.74, 6) is -2.21. The minimum Gasteiger partial charge on any atom is -0.471 e. The van der Waals surface area contributed by atoms with Gasteiger partial charge in [0.2, 0.25) is 0 Å². The smallest absolute Gasteiger partial charge is 0.416 e. The molecule has 0 N–H and O–H groups in total. The van der Waals surface area contributed by atoms with E-state index < -0.39 is 30.0 Å². The second kappa shape index (κ2) is 5.97. The maximum Gasteiger partial charge on any atom is 0.416 e. The fourth-order valence-electron chi connectivity index (χ4n) is 1.49. The topological polar surface area (TPSA) is 22.1 Å². The Kier molecular flexibility index (Phi) is 4.46. The lowest BCUT2D eigenvalue weighted by atomic mass is 10.1. The molecule has 8 heteroatoms. The highest BCUT2D eigenvalue weighted by Gasteiger charge is 2.31. The van der Waals surface area contributed by atoms with Gasteiger partial charge in [0.15, 0.2) is 5.82 Å². The Hall–Kier alpha value is -1.70. The third-order valence-electron chi connectivity index (χ3n) is 2.52. The van der Waals surface area contributed by atoms with Crippen molar-refractivity contribution in [2.75, 3.05) is 0 Å². The summed E-state index contributed by atoms with van der Waals surface area (Å²) in [4.78, 5) is 3.69. The third-order valence-corrected chi connectivity index (χ3v) is 2.97. The van der Waals surface area contributed by atoms with Crippen LogP contribution in [0.15, 0.2) is 34.9 Å². The van der Waals surface area contributed by atoms with Gasteiger partial charge in [0, 0.05) is 5.56 Å². The quantitative estimate of drug-likeness (QED) is 0.578. The number of rotatable bonds is 3. The van der Waals surface area contributed by atoms with Crippen LogP contribution in [0.5, 0.6) is 5.88 Å². The highest BCUT2D eigenvalue weighted by atomic mass is 79.9. The molecule has 0 amide bonds. The highest BCUT2D eigenvalue weighted by molar-refractivity contribution is 9.10. The number of nitrogens with zero attached hydrogens (tertiary/aromatic N) is 1. The SMILES string of the molecule is Fc1cc(C(F)(F)F)ccc1COc1nc(Br)ccc1F. The average Bonchev–Trinajstić information content (AvgIpc) is 2.40. The molecule has 0 spiro atoms. The molecule has 0 radical (unpaired) electrons. The fourth-order valence-corrected chi connectivity index (χ4v) is 1.78. The summed E-state index contributed by atoms with van der Waals surface area (Å²) in [5.41, 5.74) is -1.24. The maximum atomic E-state index is 13.6. The van der Waals surface area contributed by atoms with Gasteiger partial charge >= 0.3 is 6.18 Å². The monoisotopic (exact) mass is 367 g/mol. The second-order valence-electron chi connectivity index (χ2n) is 4.01. The first-order chi connectivity index (χ1) is 9.77. The zero-order valence-electron chi connectivity index (χ0n) is 10.2. The van der Waals surface area contributed by atoms with E-state index in [-0.39, 0.29) is 11.4 Å². The van der Waals surface area contributed by atoms with Crippen molar-refractivity contribution in [2.24, 2.45) is 0 Å². The van der Waals surface area contributed by atoms with Crippen LogP contribution in [0.2, 0.25) is 0 Å². The molecule has 0 aliphatic heterocycles. The van der Waals surface area contributed by atoms with Crippen molar-refractivity contribution in [2.45, 2.75) is 12.8 Å². The van der Waals surface area contributed by atoms with Gasteiger partial charge in [0.05, 0.1) is 5.56 Å². The standard InChI is InChI=1S/C13H7BrF5NO/c14-11-4-3-9(15)12(20-11)21-6-7-1-2-8(5-10(7)16)13(17,18)19/h1-5H,6H2. The molecule has 0 saturated heterocycles. The summed E-state index contributed by atoms with van der Waals surface area (Å²) in [6, 6.07) is 4.47. The van der Waals surface area contributed by atoms with Crippen molar-refractivity contribution in [1.29, 1.82) is 0 Å². The Bertz CT molecular complexity index is 659. The number of halogens is 6. The molecule has 0 saturated carbocycles. The van der Waals surface area contributed by atoms with E-state index in [0.717, 1.165) is 18.2 Å². The van der Waals surface area contributed by atoms with E-state index in [4.69, 9.17) is 4.74 Å². The van der Waals surface area contributed by atoms with E-state index in [1.807, 2.05) is 0 Å². The first kappa shape index (κ1) is 15.7. The van der Waals surface area contributed by atoms with Crippen molar-refractivity contribution in [3.8, 4) is 5.88 Å². The molecule has 21 heavy (non-hydrogen) atoms. The molecule has 1 aromatic carbocycles. The summed E-state index contributed by atoms with van der Waals surface area (Å²) in [6.45, 7) is -0.440. The van der Waals surface area contributed by atoms with E-state index in [1.54, 1.807) is 0 Å². The van der Waals surface area contributed by atoms with Gasteiger partial charge in [-0.1, -0.05) is 6.07 Å². The first-order valence-electron chi connectivity index (χ1n) is 5.58. The van der Waals surface area contributed by atoms with Gasteiger partial charge in [-0.15, -0.1) is 0 Å². The largest absolute Gasteiger partial charge is 0.471 e. The van der Waals surface area contributed by atoms with Crippen molar-refractivity contribution in [3.63, 3.8) is 0 Å². The predicted octanol–water partition coefficient (Wildman–Crippen LogP) is 4.72. The molecule has 0 fully saturated rings. The van der Waals surface area contributed by atoms with Crippen LogP contribution in [0, 0.1) is 11.6 Å². The van der Waals surface area contributed by atoms with Crippen LogP contribution >= 0.6 is 15.9 Å². The Balaban J connectivity index is 2.15. The van der Waals surface area contributed by atoms with Crippen molar-refractivity contribution >= 4 is 15.9 Å². The lowest BCUT2D eigenvalue weighted by Crippen LogP contribution is -2.07. The lowest BCUT2D eigenvalue weighted by Gasteiger charge is -2.10. The van der Waals surface area contributed by atoms with E-state index >= 15 is 0 Å². The second-order valence-corrected chi connectivity index (χ2v) is 4.83. The van der Waals surface area contributed by atoms with Gasteiger partial charge in [-0.3, -0.25) is 0 Å². The van der Waals surface area contributed by atoms with Crippen LogP contribution in [-0.4, -0.2) is 4.98 Å². The summed E-state index contributed by atoms with van der Waals surface area (Å²) >= 11 is 3.01. The minimum absolute atomic E-state index is 0.135. The highest BCUT2D eigenvalue weighted by Crippen LogP contribution is 2.30. The van der Waals surface area contributed by atoms with Gasteiger partial charge < -0.3 is 4.74 Å². The Morgan fingerprint density at radius 1 is 1.05 bits per heavy atom. The molecule has 0 bridgehead atoms. The normalized spacial score (nSPS) is 11.5. The number of pyridine rings is 1. The van der Waals surface area contributed by atoms with Gasteiger partial charge in [0.25, 0.3) is 5.88 Å². The number of hydrogen-bond acceptors (Lipinski definition) is 2. The molecular formula is C13H7BrF5NO. The first-order valence-corrected chi connectivity index (χ1v) is 6.37. The Morgan fingerprint density at radius 2 is 1.76 bits per heavy atom. The van der Waals surface area contributed by atoms with Crippen LogP contribution in [0.3, 0.4) is 0 Å². The number of benzene rings is 1. The summed E-state index contributed by atoms with van der Waals surface area (Å²) in [7, 11) is 0. The molecule has 1 aromatic heterocycles. The van der Waals surface area contributed by atoms with E-state index in [2.05, 4.69) is 20.9 Å². The van der Waals surface area contributed by atoms with E-state index in [0.29, 0.717) is 10.7 Å². The fraction of sp³-hybridized carbons (Fsp3) is 0.154. The Morgan fingerprint density at radius 3 is 2.38 bits per heavy atom.